The normalized spacial score (nSPS) is 18.1. The van der Waals surface area contributed by atoms with E-state index in [1.54, 1.807) is 31.4 Å². The largest absolute Gasteiger partial charge is 0.545 e. The number of thioether (sulfide) groups is 1. The molecule has 1 atom stereocenters. The van der Waals surface area contributed by atoms with Crippen LogP contribution in [0.1, 0.15) is 30.5 Å². The molecule has 0 aliphatic carbocycles. The van der Waals surface area contributed by atoms with Crippen LogP contribution in [-0.4, -0.2) is 23.1 Å². The van der Waals surface area contributed by atoms with E-state index in [-0.39, 0.29) is 5.57 Å². The number of hydrogen-bond donors (Lipinski definition) is 0. The minimum absolute atomic E-state index is 0.120. The molecule has 2 aromatic rings. The first-order valence-electron chi connectivity index (χ1n) is 9.24. The molecule has 0 saturated heterocycles. The molecule has 2 aromatic carbocycles. The van der Waals surface area contributed by atoms with Gasteiger partial charge < -0.3 is 19.5 Å². The molecule has 30 heavy (non-hydrogen) atoms. The van der Waals surface area contributed by atoms with Crippen LogP contribution < -0.4 is 9.84 Å². The Morgan fingerprint density at radius 2 is 1.90 bits per heavy atom. The smallest absolute Gasteiger partial charge is 0.173 e. The van der Waals surface area contributed by atoms with Gasteiger partial charge >= 0.3 is 0 Å². The third kappa shape index (κ3) is 3.49. The van der Waals surface area contributed by atoms with Gasteiger partial charge in [0.1, 0.15) is 5.75 Å². The van der Waals surface area contributed by atoms with E-state index in [9.17, 15) is 9.90 Å². The number of para-hydroxylation sites is 1. The predicted molar refractivity (Wildman–Crippen MR) is 119 cm³/mol. The fraction of sp³-hybridized carbons (Fsp3) is 0.182. The summed E-state index contributed by atoms with van der Waals surface area (Å²) in [5.41, 5.74) is 1.99. The minimum atomic E-state index is -1.26. The monoisotopic (exact) mass is 459 g/mol. The van der Waals surface area contributed by atoms with E-state index in [0.29, 0.717) is 44.2 Å². The Hall–Kier alpha value is -2.41. The molecule has 8 heteroatoms. The lowest BCUT2D eigenvalue weighted by molar-refractivity contribution is -0.300. The number of carbonyl (C=O) groups is 1. The average molecular weight is 460 g/mol. The first-order valence-corrected chi connectivity index (χ1v) is 10.8. The highest BCUT2D eigenvalue weighted by atomic mass is 35.5. The van der Waals surface area contributed by atoms with Crippen molar-refractivity contribution < 1.29 is 14.6 Å². The first kappa shape index (κ1) is 20.8. The molecule has 0 spiro atoms. The summed E-state index contributed by atoms with van der Waals surface area (Å²) < 4.78 is 5.52. The number of aliphatic carboxylic acids is 1. The molecular formula is C22H17Cl2N2O3S-. The van der Waals surface area contributed by atoms with Crippen molar-refractivity contribution in [2.45, 2.75) is 19.4 Å². The van der Waals surface area contributed by atoms with Gasteiger partial charge in [-0.05, 0) is 36.4 Å². The lowest BCUT2D eigenvalue weighted by Crippen LogP contribution is -2.38. The SMILES string of the molecule is CCC1=C(C(=O)[O-])C(c2ccccc2OC)N2C=C(c3c(Cl)cccc3Cl)SC2=N1. The quantitative estimate of drug-likeness (QED) is 0.637. The Bertz CT molecular complexity index is 1110. The van der Waals surface area contributed by atoms with Gasteiger partial charge in [0, 0.05) is 27.8 Å². The van der Waals surface area contributed by atoms with Crippen molar-refractivity contribution in [1.29, 1.82) is 0 Å². The number of allylic oxidation sites excluding steroid dienone is 1. The number of carboxylic acid groups (broad SMARTS) is 1. The van der Waals surface area contributed by atoms with Gasteiger partial charge in [-0.3, -0.25) is 0 Å². The van der Waals surface area contributed by atoms with Gasteiger partial charge in [-0.1, -0.05) is 54.4 Å². The lowest BCUT2D eigenvalue weighted by atomic mass is 9.93. The topological polar surface area (TPSA) is 65.0 Å². The Labute approximate surface area is 188 Å². The molecule has 4 rings (SSSR count). The van der Waals surface area contributed by atoms with Gasteiger partial charge in [-0.15, -0.1) is 0 Å². The van der Waals surface area contributed by atoms with Crippen LogP contribution in [0.2, 0.25) is 10.0 Å². The van der Waals surface area contributed by atoms with E-state index in [2.05, 4.69) is 4.99 Å². The maximum Gasteiger partial charge on any atom is 0.173 e. The summed E-state index contributed by atoms with van der Waals surface area (Å²) >= 11 is 14.2. The van der Waals surface area contributed by atoms with E-state index in [4.69, 9.17) is 27.9 Å². The number of halogens is 2. The van der Waals surface area contributed by atoms with E-state index in [0.717, 1.165) is 4.91 Å². The molecule has 0 saturated carbocycles. The molecule has 0 radical (unpaired) electrons. The van der Waals surface area contributed by atoms with Gasteiger partial charge in [0.05, 0.1) is 34.9 Å². The number of rotatable bonds is 5. The standard InChI is InChI=1S/C22H18Cl2N2O3S/c1-3-15-19(21(27)28)20(12-7-4-5-10-16(12)29-2)26-11-17(30-22(26)25-15)18-13(23)8-6-9-14(18)24/h4-11,20H,3H2,1-2H3,(H,27,28)/p-1. The van der Waals surface area contributed by atoms with Crippen molar-refractivity contribution in [3.8, 4) is 5.75 Å². The van der Waals surface area contributed by atoms with Crippen LogP contribution in [-0.2, 0) is 4.79 Å². The molecule has 2 aliphatic rings. The van der Waals surface area contributed by atoms with Gasteiger partial charge in [0.25, 0.3) is 0 Å². The van der Waals surface area contributed by atoms with Gasteiger partial charge in [-0.2, -0.15) is 0 Å². The third-order valence-electron chi connectivity index (χ3n) is 4.97. The van der Waals surface area contributed by atoms with Crippen LogP contribution in [0.15, 0.2) is 64.9 Å². The molecule has 0 bridgehead atoms. The van der Waals surface area contributed by atoms with Crippen LogP contribution in [0.4, 0.5) is 0 Å². The number of benzene rings is 2. The zero-order chi connectivity index (χ0) is 21.4. The number of carbonyl (C=O) groups excluding carboxylic acids is 1. The highest BCUT2D eigenvalue weighted by Gasteiger charge is 2.38. The van der Waals surface area contributed by atoms with Crippen LogP contribution in [0.3, 0.4) is 0 Å². The molecule has 0 N–H and O–H groups in total. The predicted octanol–water partition coefficient (Wildman–Crippen LogP) is 4.87. The maximum absolute atomic E-state index is 12.2. The van der Waals surface area contributed by atoms with Crippen molar-refractivity contribution in [1.82, 2.24) is 4.90 Å². The minimum Gasteiger partial charge on any atom is -0.545 e. The maximum atomic E-state index is 12.2. The fourth-order valence-corrected chi connectivity index (χ4v) is 5.46. The number of carboxylic acids is 1. The second-order valence-corrected chi connectivity index (χ2v) is 8.46. The van der Waals surface area contributed by atoms with E-state index < -0.39 is 12.0 Å². The third-order valence-corrected chi connectivity index (χ3v) is 6.61. The fourth-order valence-electron chi connectivity index (χ4n) is 3.64. The van der Waals surface area contributed by atoms with Crippen LogP contribution in [0.25, 0.3) is 4.91 Å². The Kier molecular flexibility index (Phi) is 5.82. The van der Waals surface area contributed by atoms with Gasteiger partial charge in [0.15, 0.2) is 5.17 Å². The number of fused-ring (bicyclic) bond motifs is 1. The van der Waals surface area contributed by atoms with E-state index >= 15 is 0 Å². The first-order chi connectivity index (χ1) is 14.5. The van der Waals surface area contributed by atoms with Crippen LogP contribution >= 0.6 is 35.0 Å². The van der Waals surface area contributed by atoms with Crippen LogP contribution in [0.5, 0.6) is 5.75 Å². The molecule has 5 nitrogen and oxygen atoms in total. The van der Waals surface area contributed by atoms with Crippen molar-refractivity contribution in [2.75, 3.05) is 7.11 Å². The number of amidine groups is 1. The second kappa shape index (κ2) is 8.38. The molecule has 0 aromatic heterocycles. The number of nitrogens with zero attached hydrogens (tertiary/aromatic N) is 2. The number of hydrogen-bond acceptors (Lipinski definition) is 6. The highest BCUT2D eigenvalue weighted by molar-refractivity contribution is 8.22. The number of ether oxygens (including phenoxy) is 1. The van der Waals surface area contributed by atoms with Crippen LogP contribution in [0, 0.1) is 0 Å². The summed E-state index contributed by atoms with van der Waals surface area (Å²) in [7, 11) is 1.56. The molecule has 2 aliphatic heterocycles. The molecule has 1 unspecified atom stereocenters. The Balaban J connectivity index is 1.91. The summed E-state index contributed by atoms with van der Waals surface area (Å²) in [6, 6.07) is 12.0. The molecule has 154 valence electrons. The van der Waals surface area contributed by atoms with Crippen molar-refractivity contribution in [3.05, 3.63) is 81.1 Å². The molecule has 0 fully saturated rings. The number of methoxy groups -OCH3 is 1. The van der Waals surface area contributed by atoms with Crippen molar-refractivity contribution in [3.63, 3.8) is 0 Å². The highest BCUT2D eigenvalue weighted by Crippen LogP contribution is 2.50. The zero-order valence-electron chi connectivity index (χ0n) is 16.2. The summed E-state index contributed by atoms with van der Waals surface area (Å²) in [5, 5.41) is 13.9. The van der Waals surface area contributed by atoms with Crippen molar-refractivity contribution in [2.24, 2.45) is 4.99 Å². The zero-order valence-corrected chi connectivity index (χ0v) is 18.5. The van der Waals surface area contributed by atoms with E-state index in [1.807, 2.05) is 36.2 Å². The van der Waals surface area contributed by atoms with Gasteiger partial charge in [-0.25, -0.2) is 4.99 Å². The summed E-state index contributed by atoms with van der Waals surface area (Å²) in [6.45, 7) is 1.87. The van der Waals surface area contributed by atoms with Crippen molar-refractivity contribution >= 4 is 51.0 Å². The second-order valence-electron chi connectivity index (χ2n) is 6.64. The number of aliphatic imine (C=N–C) groups is 1. The summed E-state index contributed by atoms with van der Waals surface area (Å²) in [6.07, 6.45) is 2.29. The molecule has 0 amide bonds. The summed E-state index contributed by atoms with van der Waals surface area (Å²) in [5.74, 6) is -0.672. The average Bonchev–Trinajstić information content (AvgIpc) is 3.15. The van der Waals surface area contributed by atoms with E-state index in [1.165, 1.54) is 11.8 Å². The summed E-state index contributed by atoms with van der Waals surface area (Å²) in [4.78, 5) is 19.4. The Morgan fingerprint density at radius 1 is 1.20 bits per heavy atom. The van der Waals surface area contributed by atoms with Gasteiger partial charge in [0.2, 0.25) is 0 Å². The molecular weight excluding hydrogens is 443 g/mol. The lowest BCUT2D eigenvalue weighted by Gasteiger charge is -2.35. The Morgan fingerprint density at radius 3 is 2.53 bits per heavy atom. The molecule has 2 heterocycles.